The molecule has 0 radical (unpaired) electrons. The van der Waals surface area contributed by atoms with Crippen molar-refractivity contribution in [3.05, 3.63) is 57.1 Å². The Morgan fingerprint density at radius 1 is 1.00 bits per heavy atom. The number of halogens is 2. The van der Waals surface area contributed by atoms with Crippen LogP contribution in [-0.2, 0) is 0 Å². The van der Waals surface area contributed by atoms with Crippen molar-refractivity contribution in [2.75, 3.05) is 18.0 Å². The predicted molar refractivity (Wildman–Crippen MR) is 101 cm³/mol. The summed E-state index contributed by atoms with van der Waals surface area (Å²) >= 11 is 12.1. The summed E-state index contributed by atoms with van der Waals surface area (Å²) in [5.74, 6) is 0.690. The summed E-state index contributed by atoms with van der Waals surface area (Å²) < 4.78 is 1.50. The predicted octanol–water partition coefficient (Wildman–Crippen LogP) is 4.08. The molecule has 5 nitrogen and oxygen atoms in total. The summed E-state index contributed by atoms with van der Waals surface area (Å²) in [5.41, 5.74) is 1.07. The number of hydrogen-bond acceptors (Lipinski definition) is 4. The third kappa shape index (κ3) is 3.22. The van der Waals surface area contributed by atoms with Crippen LogP contribution in [0.1, 0.15) is 19.3 Å². The fraction of sp³-hybridized carbons (Fsp3) is 0.278. The van der Waals surface area contributed by atoms with Crippen LogP contribution in [-0.4, -0.2) is 27.6 Å². The molecule has 0 amide bonds. The molecule has 0 saturated carbocycles. The lowest BCUT2D eigenvalue weighted by Crippen LogP contribution is -2.31. The van der Waals surface area contributed by atoms with Gasteiger partial charge in [0, 0.05) is 35.5 Å². The monoisotopic (exact) mass is 374 g/mol. The number of fused-ring (bicyclic) bond motifs is 1. The standard InChI is InChI=1S/C18H16Cl2N4O/c19-12-8-13(20)10-14(9-12)24-7-4-16-15(17(24)25)11-21-18(22-16)23-5-2-1-3-6-23/h4,7-11H,1-3,5-6H2. The van der Waals surface area contributed by atoms with Gasteiger partial charge >= 0.3 is 0 Å². The van der Waals surface area contributed by atoms with Gasteiger partial charge in [-0.25, -0.2) is 9.97 Å². The Labute approximate surface area is 154 Å². The van der Waals surface area contributed by atoms with E-state index in [0.29, 0.717) is 32.6 Å². The highest BCUT2D eigenvalue weighted by atomic mass is 35.5. The molecule has 0 spiro atoms. The van der Waals surface area contributed by atoms with Crippen LogP contribution in [0.25, 0.3) is 16.6 Å². The topological polar surface area (TPSA) is 51.0 Å². The van der Waals surface area contributed by atoms with Crippen molar-refractivity contribution in [2.45, 2.75) is 19.3 Å². The molecule has 1 aromatic carbocycles. The van der Waals surface area contributed by atoms with Gasteiger partial charge in [0.05, 0.1) is 16.6 Å². The van der Waals surface area contributed by atoms with Gasteiger partial charge in [-0.1, -0.05) is 23.2 Å². The van der Waals surface area contributed by atoms with E-state index in [0.717, 1.165) is 25.9 Å². The number of benzene rings is 1. The van der Waals surface area contributed by atoms with E-state index in [1.165, 1.54) is 11.0 Å². The van der Waals surface area contributed by atoms with Crippen LogP contribution >= 0.6 is 23.2 Å². The van der Waals surface area contributed by atoms with Crippen molar-refractivity contribution in [2.24, 2.45) is 0 Å². The van der Waals surface area contributed by atoms with Crippen molar-refractivity contribution in [1.29, 1.82) is 0 Å². The normalized spacial score (nSPS) is 14.9. The molecule has 2 aromatic heterocycles. The first kappa shape index (κ1) is 16.4. The molecule has 1 aliphatic rings. The van der Waals surface area contributed by atoms with Crippen LogP contribution in [0.2, 0.25) is 10.0 Å². The van der Waals surface area contributed by atoms with E-state index in [1.807, 2.05) is 6.07 Å². The van der Waals surface area contributed by atoms with Crippen molar-refractivity contribution in [3.63, 3.8) is 0 Å². The Morgan fingerprint density at radius 2 is 1.72 bits per heavy atom. The quantitative estimate of drug-likeness (QED) is 0.677. The number of hydrogen-bond donors (Lipinski definition) is 0. The lowest BCUT2D eigenvalue weighted by molar-refractivity contribution is 0.569. The lowest BCUT2D eigenvalue weighted by atomic mass is 10.1. The summed E-state index contributed by atoms with van der Waals surface area (Å²) in [4.78, 5) is 24.0. The van der Waals surface area contributed by atoms with E-state index in [2.05, 4.69) is 14.9 Å². The molecule has 1 saturated heterocycles. The molecule has 3 aromatic rings. The maximum Gasteiger partial charge on any atom is 0.266 e. The van der Waals surface area contributed by atoms with Crippen LogP contribution in [0.4, 0.5) is 5.95 Å². The van der Waals surface area contributed by atoms with Crippen molar-refractivity contribution in [1.82, 2.24) is 14.5 Å². The van der Waals surface area contributed by atoms with Crippen molar-refractivity contribution in [3.8, 4) is 5.69 Å². The largest absolute Gasteiger partial charge is 0.341 e. The number of anilines is 1. The van der Waals surface area contributed by atoms with Crippen LogP contribution < -0.4 is 10.5 Å². The fourth-order valence-electron chi connectivity index (χ4n) is 3.15. The van der Waals surface area contributed by atoms with Gasteiger partial charge in [-0.15, -0.1) is 0 Å². The van der Waals surface area contributed by atoms with Gasteiger partial charge in [-0.3, -0.25) is 9.36 Å². The van der Waals surface area contributed by atoms with Crippen LogP contribution in [0.3, 0.4) is 0 Å². The van der Waals surface area contributed by atoms with E-state index in [9.17, 15) is 4.79 Å². The number of nitrogens with zero attached hydrogens (tertiary/aromatic N) is 4. The summed E-state index contributed by atoms with van der Waals surface area (Å²) in [6.45, 7) is 1.92. The number of piperidine rings is 1. The van der Waals surface area contributed by atoms with Gasteiger partial charge in [-0.05, 0) is 43.5 Å². The second-order valence-electron chi connectivity index (χ2n) is 6.14. The highest BCUT2D eigenvalue weighted by molar-refractivity contribution is 6.34. The highest BCUT2D eigenvalue weighted by Gasteiger charge is 2.15. The first-order chi connectivity index (χ1) is 12.1. The Kier molecular flexibility index (Phi) is 4.36. The zero-order chi connectivity index (χ0) is 17.4. The van der Waals surface area contributed by atoms with Crippen molar-refractivity contribution < 1.29 is 0 Å². The highest BCUT2D eigenvalue weighted by Crippen LogP contribution is 2.22. The SMILES string of the molecule is O=c1c2cnc(N3CCCCC3)nc2ccn1-c1cc(Cl)cc(Cl)c1. The Morgan fingerprint density at radius 3 is 2.44 bits per heavy atom. The van der Waals surface area contributed by atoms with E-state index in [4.69, 9.17) is 23.2 Å². The average Bonchev–Trinajstić information content (AvgIpc) is 2.61. The van der Waals surface area contributed by atoms with E-state index >= 15 is 0 Å². The minimum absolute atomic E-state index is 0.193. The molecule has 0 unspecified atom stereocenters. The molecule has 1 aliphatic heterocycles. The van der Waals surface area contributed by atoms with Gasteiger partial charge in [0.2, 0.25) is 5.95 Å². The Balaban J connectivity index is 1.79. The van der Waals surface area contributed by atoms with Gasteiger partial charge in [0.15, 0.2) is 0 Å². The molecule has 0 aliphatic carbocycles. The molecule has 7 heteroatoms. The third-order valence-electron chi connectivity index (χ3n) is 4.40. The minimum atomic E-state index is -0.193. The van der Waals surface area contributed by atoms with Gasteiger partial charge in [0.1, 0.15) is 0 Å². The maximum absolute atomic E-state index is 12.8. The Bertz CT molecular complexity index is 976. The molecule has 1 fully saturated rings. The molecular weight excluding hydrogens is 359 g/mol. The van der Waals surface area contributed by atoms with E-state index in [1.54, 1.807) is 30.6 Å². The second-order valence-corrected chi connectivity index (χ2v) is 7.01. The maximum atomic E-state index is 12.8. The summed E-state index contributed by atoms with van der Waals surface area (Å²) in [5, 5.41) is 1.43. The number of aromatic nitrogens is 3. The van der Waals surface area contributed by atoms with E-state index < -0.39 is 0 Å². The van der Waals surface area contributed by atoms with Gasteiger partial charge < -0.3 is 4.90 Å². The van der Waals surface area contributed by atoms with Crippen LogP contribution in [0.15, 0.2) is 41.5 Å². The van der Waals surface area contributed by atoms with Gasteiger partial charge in [0.25, 0.3) is 5.56 Å². The summed E-state index contributed by atoms with van der Waals surface area (Å²) in [6, 6.07) is 6.85. The van der Waals surface area contributed by atoms with Crippen LogP contribution in [0, 0.1) is 0 Å². The second kappa shape index (κ2) is 6.65. The molecular formula is C18H16Cl2N4O. The minimum Gasteiger partial charge on any atom is -0.341 e. The molecule has 3 heterocycles. The molecule has 0 N–H and O–H groups in total. The zero-order valence-corrected chi connectivity index (χ0v) is 15.0. The molecule has 4 rings (SSSR count). The molecule has 128 valence electrons. The van der Waals surface area contributed by atoms with E-state index in [-0.39, 0.29) is 5.56 Å². The van der Waals surface area contributed by atoms with Crippen molar-refractivity contribution >= 4 is 40.1 Å². The molecule has 25 heavy (non-hydrogen) atoms. The molecule has 0 bridgehead atoms. The fourth-order valence-corrected chi connectivity index (χ4v) is 3.66. The summed E-state index contributed by atoms with van der Waals surface area (Å²) in [7, 11) is 0. The Hall–Kier alpha value is -2.11. The molecule has 0 atom stereocenters. The average molecular weight is 375 g/mol. The number of pyridine rings is 1. The van der Waals surface area contributed by atoms with Gasteiger partial charge in [-0.2, -0.15) is 0 Å². The lowest BCUT2D eigenvalue weighted by Gasteiger charge is -2.26. The zero-order valence-electron chi connectivity index (χ0n) is 13.5. The number of rotatable bonds is 2. The smallest absolute Gasteiger partial charge is 0.266 e. The van der Waals surface area contributed by atoms with Crippen LogP contribution in [0.5, 0.6) is 0 Å². The third-order valence-corrected chi connectivity index (χ3v) is 4.84. The first-order valence-corrected chi connectivity index (χ1v) is 8.97. The summed E-state index contributed by atoms with van der Waals surface area (Å²) in [6.07, 6.45) is 6.85. The first-order valence-electron chi connectivity index (χ1n) is 8.22.